The molecule has 1 aromatic rings. The summed E-state index contributed by atoms with van der Waals surface area (Å²) >= 11 is 0. The zero-order chi connectivity index (χ0) is 12.3. The van der Waals surface area contributed by atoms with Crippen LogP contribution in [0, 0.1) is 11.8 Å². The van der Waals surface area contributed by atoms with E-state index in [1.807, 2.05) is 0 Å². The molecule has 0 radical (unpaired) electrons. The van der Waals surface area contributed by atoms with Crippen molar-refractivity contribution in [1.82, 2.24) is 0 Å². The first-order chi connectivity index (χ1) is 8.27. The quantitative estimate of drug-likeness (QED) is 0.748. The van der Waals surface area contributed by atoms with Crippen molar-refractivity contribution >= 4 is 5.69 Å². The molecule has 0 aromatic heterocycles. The second kappa shape index (κ2) is 5.57. The van der Waals surface area contributed by atoms with Gasteiger partial charge in [0.2, 0.25) is 0 Å². The summed E-state index contributed by atoms with van der Waals surface area (Å²) in [7, 11) is 0. The van der Waals surface area contributed by atoms with E-state index in [1.165, 1.54) is 31.5 Å². The van der Waals surface area contributed by atoms with E-state index in [-0.39, 0.29) is 0 Å². The minimum Gasteiger partial charge on any atom is -0.368 e. The van der Waals surface area contributed by atoms with E-state index >= 15 is 0 Å². The molecule has 0 amide bonds. The summed E-state index contributed by atoms with van der Waals surface area (Å²) in [6.07, 6.45) is 3.91. The predicted molar refractivity (Wildman–Crippen MR) is 75.4 cm³/mol. The summed E-state index contributed by atoms with van der Waals surface area (Å²) in [5.41, 5.74) is 1.41. The van der Waals surface area contributed by atoms with E-state index in [9.17, 15) is 0 Å². The molecule has 0 aliphatic carbocycles. The number of piperidine rings is 1. The van der Waals surface area contributed by atoms with Crippen LogP contribution in [0.15, 0.2) is 30.3 Å². The van der Waals surface area contributed by atoms with E-state index in [0.29, 0.717) is 0 Å². The summed E-state index contributed by atoms with van der Waals surface area (Å²) in [5.74, 6) is 1.74. The first kappa shape index (κ1) is 12.5. The number of benzene rings is 1. The van der Waals surface area contributed by atoms with Gasteiger partial charge in [-0.3, -0.25) is 0 Å². The van der Waals surface area contributed by atoms with Gasteiger partial charge < -0.3 is 4.90 Å². The Morgan fingerprint density at radius 2 is 1.82 bits per heavy atom. The zero-order valence-corrected chi connectivity index (χ0v) is 11.4. The molecule has 0 bridgehead atoms. The van der Waals surface area contributed by atoms with Crippen LogP contribution in [0.25, 0.3) is 0 Å². The van der Waals surface area contributed by atoms with Crippen LogP contribution in [-0.4, -0.2) is 12.6 Å². The fourth-order valence-electron chi connectivity index (χ4n) is 3.47. The minimum absolute atomic E-state index is 0.728. The van der Waals surface area contributed by atoms with Crippen molar-refractivity contribution in [1.29, 1.82) is 0 Å². The van der Waals surface area contributed by atoms with Crippen LogP contribution in [0.5, 0.6) is 0 Å². The standard InChI is InChI=1S/C16H25N/c1-4-15-13(3)11-12-17(16(15)5-2)14-9-7-6-8-10-14/h6-10,13,15-16H,4-5,11-12H2,1-3H3/t13-,15-,16-/m1/s1. The van der Waals surface area contributed by atoms with Crippen molar-refractivity contribution in [3.8, 4) is 0 Å². The fraction of sp³-hybridized carbons (Fsp3) is 0.625. The molecule has 17 heavy (non-hydrogen) atoms. The molecule has 0 spiro atoms. The van der Waals surface area contributed by atoms with E-state index in [1.54, 1.807) is 0 Å². The Labute approximate surface area is 106 Å². The number of rotatable bonds is 3. The molecule has 0 N–H and O–H groups in total. The summed E-state index contributed by atoms with van der Waals surface area (Å²) in [4.78, 5) is 2.63. The molecule has 1 aliphatic rings. The first-order valence-corrected chi connectivity index (χ1v) is 7.09. The van der Waals surface area contributed by atoms with Gasteiger partial charge in [0.15, 0.2) is 0 Å². The Morgan fingerprint density at radius 3 is 2.41 bits per heavy atom. The lowest BCUT2D eigenvalue weighted by atomic mass is 9.78. The van der Waals surface area contributed by atoms with E-state index in [4.69, 9.17) is 0 Å². The van der Waals surface area contributed by atoms with Gasteiger partial charge in [0, 0.05) is 18.3 Å². The number of anilines is 1. The molecule has 1 aliphatic heterocycles. The summed E-state index contributed by atoms with van der Waals surface area (Å²) in [6.45, 7) is 8.33. The number of para-hydroxylation sites is 1. The molecule has 1 fully saturated rings. The van der Waals surface area contributed by atoms with Crippen LogP contribution >= 0.6 is 0 Å². The summed E-state index contributed by atoms with van der Waals surface area (Å²) < 4.78 is 0. The highest BCUT2D eigenvalue weighted by Crippen LogP contribution is 2.35. The maximum Gasteiger partial charge on any atom is 0.0368 e. The van der Waals surface area contributed by atoms with Gasteiger partial charge in [-0.05, 0) is 36.8 Å². The molecule has 94 valence electrons. The highest BCUT2D eigenvalue weighted by molar-refractivity contribution is 5.47. The SMILES string of the molecule is CC[C@@H]1[C@H](C)CCN(c2ccccc2)[C@@H]1CC. The Balaban J connectivity index is 2.22. The summed E-state index contributed by atoms with van der Waals surface area (Å²) in [5, 5.41) is 0. The van der Waals surface area contributed by atoms with Gasteiger partial charge in [-0.2, -0.15) is 0 Å². The van der Waals surface area contributed by atoms with Gasteiger partial charge in [-0.25, -0.2) is 0 Å². The van der Waals surface area contributed by atoms with Crippen molar-refractivity contribution in [2.24, 2.45) is 11.8 Å². The molecule has 1 heteroatoms. The molecular weight excluding hydrogens is 206 g/mol. The van der Waals surface area contributed by atoms with Gasteiger partial charge in [0.1, 0.15) is 0 Å². The van der Waals surface area contributed by atoms with E-state index in [0.717, 1.165) is 17.9 Å². The van der Waals surface area contributed by atoms with Gasteiger partial charge in [-0.15, -0.1) is 0 Å². The topological polar surface area (TPSA) is 3.24 Å². The average molecular weight is 231 g/mol. The van der Waals surface area contributed by atoms with Crippen LogP contribution in [0.2, 0.25) is 0 Å². The fourth-order valence-corrected chi connectivity index (χ4v) is 3.47. The van der Waals surface area contributed by atoms with Crippen LogP contribution < -0.4 is 4.90 Å². The second-order valence-electron chi connectivity index (χ2n) is 5.34. The predicted octanol–water partition coefficient (Wildman–Crippen LogP) is 4.34. The lowest BCUT2D eigenvalue weighted by Gasteiger charge is -2.45. The van der Waals surface area contributed by atoms with Crippen molar-refractivity contribution in [3.63, 3.8) is 0 Å². The third-order valence-corrected chi connectivity index (χ3v) is 4.43. The van der Waals surface area contributed by atoms with Gasteiger partial charge in [0.05, 0.1) is 0 Å². The lowest BCUT2D eigenvalue weighted by Crippen LogP contribution is -2.48. The van der Waals surface area contributed by atoms with Crippen molar-refractivity contribution in [3.05, 3.63) is 30.3 Å². The smallest absolute Gasteiger partial charge is 0.0368 e. The molecule has 0 saturated carbocycles. The molecule has 1 nitrogen and oxygen atoms in total. The minimum atomic E-state index is 0.728. The highest BCUT2D eigenvalue weighted by Gasteiger charge is 2.33. The molecule has 1 heterocycles. The maximum atomic E-state index is 2.63. The Morgan fingerprint density at radius 1 is 1.12 bits per heavy atom. The van der Waals surface area contributed by atoms with Crippen LogP contribution in [0.3, 0.4) is 0 Å². The Kier molecular flexibility index (Phi) is 4.09. The molecule has 1 saturated heterocycles. The van der Waals surface area contributed by atoms with Gasteiger partial charge in [-0.1, -0.05) is 45.4 Å². The third-order valence-electron chi connectivity index (χ3n) is 4.43. The van der Waals surface area contributed by atoms with Crippen LogP contribution in [-0.2, 0) is 0 Å². The molecule has 0 unspecified atom stereocenters. The van der Waals surface area contributed by atoms with Crippen LogP contribution in [0.4, 0.5) is 5.69 Å². The van der Waals surface area contributed by atoms with Gasteiger partial charge in [0.25, 0.3) is 0 Å². The molecule has 1 aromatic carbocycles. The van der Waals surface area contributed by atoms with Crippen LogP contribution in [0.1, 0.15) is 40.0 Å². The normalized spacial score (nSPS) is 29.4. The maximum absolute atomic E-state index is 2.63. The highest BCUT2D eigenvalue weighted by atomic mass is 15.2. The summed E-state index contributed by atoms with van der Waals surface area (Å²) in [6, 6.07) is 11.7. The third kappa shape index (κ3) is 2.48. The lowest BCUT2D eigenvalue weighted by molar-refractivity contribution is 0.222. The van der Waals surface area contributed by atoms with Gasteiger partial charge >= 0.3 is 0 Å². The van der Waals surface area contributed by atoms with E-state index in [2.05, 4.69) is 56.0 Å². The second-order valence-corrected chi connectivity index (χ2v) is 5.34. The molecular formula is C16H25N. The molecule has 3 atom stereocenters. The number of hydrogen-bond acceptors (Lipinski definition) is 1. The Bertz CT molecular complexity index is 333. The monoisotopic (exact) mass is 231 g/mol. The van der Waals surface area contributed by atoms with Crippen molar-refractivity contribution < 1.29 is 0 Å². The first-order valence-electron chi connectivity index (χ1n) is 7.09. The largest absolute Gasteiger partial charge is 0.368 e. The number of hydrogen-bond donors (Lipinski definition) is 0. The average Bonchev–Trinajstić information content (AvgIpc) is 2.39. The molecule has 2 rings (SSSR count). The zero-order valence-electron chi connectivity index (χ0n) is 11.4. The van der Waals surface area contributed by atoms with Crippen molar-refractivity contribution in [2.45, 2.75) is 46.1 Å². The van der Waals surface area contributed by atoms with Crippen molar-refractivity contribution in [2.75, 3.05) is 11.4 Å². The number of nitrogens with zero attached hydrogens (tertiary/aromatic N) is 1. The Hall–Kier alpha value is -0.980. The van der Waals surface area contributed by atoms with E-state index < -0.39 is 0 Å².